The molecule has 0 aromatic heterocycles. The molecule has 1 amide bonds. The standard InChI is InChI=1S/C21H24FNO3/c1-21(2,25)11-10-15-6-8-16(9-7-15)20(24)23-13-19(14-23)26-18-5-3-4-17(22)12-18/h3-9,12,19,25H,10-11,13-14H2,1-2H3. The minimum absolute atomic E-state index is 0.0295. The number of carbonyl (C=O) groups is 1. The molecule has 3 rings (SSSR count). The van der Waals surface area contributed by atoms with Gasteiger partial charge in [0.25, 0.3) is 5.91 Å². The molecule has 0 aliphatic carbocycles. The quantitative estimate of drug-likeness (QED) is 0.862. The summed E-state index contributed by atoms with van der Waals surface area (Å²) in [6.07, 6.45) is 1.34. The summed E-state index contributed by atoms with van der Waals surface area (Å²) >= 11 is 0. The van der Waals surface area contributed by atoms with Crippen LogP contribution in [0.1, 0.15) is 36.2 Å². The summed E-state index contributed by atoms with van der Waals surface area (Å²) in [5, 5.41) is 9.79. The number of hydrogen-bond acceptors (Lipinski definition) is 3. The third kappa shape index (κ3) is 4.82. The van der Waals surface area contributed by atoms with Gasteiger partial charge in [-0.1, -0.05) is 18.2 Å². The van der Waals surface area contributed by atoms with Crippen LogP contribution in [0, 0.1) is 5.82 Å². The fraction of sp³-hybridized carbons (Fsp3) is 0.381. The van der Waals surface area contributed by atoms with Crippen molar-refractivity contribution in [1.82, 2.24) is 4.90 Å². The summed E-state index contributed by atoms with van der Waals surface area (Å²) in [5.41, 5.74) is 1.05. The molecule has 0 atom stereocenters. The number of likely N-dealkylation sites (tertiary alicyclic amines) is 1. The van der Waals surface area contributed by atoms with E-state index in [1.54, 1.807) is 30.9 Å². The largest absolute Gasteiger partial charge is 0.487 e. The van der Waals surface area contributed by atoms with E-state index in [1.807, 2.05) is 24.3 Å². The first-order chi connectivity index (χ1) is 12.3. The average Bonchev–Trinajstić information content (AvgIpc) is 2.55. The zero-order valence-corrected chi connectivity index (χ0v) is 15.1. The van der Waals surface area contributed by atoms with Crippen LogP contribution in [-0.4, -0.2) is 40.7 Å². The van der Waals surface area contributed by atoms with E-state index in [-0.39, 0.29) is 17.8 Å². The lowest BCUT2D eigenvalue weighted by Crippen LogP contribution is -2.56. The molecular weight excluding hydrogens is 333 g/mol. The minimum Gasteiger partial charge on any atom is -0.487 e. The Bertz CT molecular complexity index is 762. The zero-order valence-electron chi connectivity index (χ0n) is 15.1. The number of ether oxygens (including phenoxy) is 1. The van der Waals surface area contributed by atoms with Crippen molar-refractivity contribution in [2.75, 3.05) is 13.1 Å². The SMILES string of the molecule is CC(C)(O)CCc1ccc(C(=O)N2CC(Oc3cccc(F)c3)C2)cc1. The summed E-state index contributed by atoms with van der Waals surface area (Å²) in [5.74, 6) is 0.121. The highest BCUT2D eigenvalue weighted by Gasteiger charge is 2.32. The molecule has 1 fully saturated rings. The smallest absolute Gasteiger partial charge is 0.254 e. The summed E-state index contributed by atoms with van der Waals surface area (Å²) in [7, 11) is 0. The van der Waals surface area contributed by atoms with Crippen LogP contribution in [0.25, 0.3) is 0 Å². The van der Waals surface area contributed by atoms with Crippen LogP contribution in [0.2, 0.25) is 0 Å². The Labute approximate surface area is 153 Å². The monoisotopic (exact) mass is 357 g/mol. The Kier molecular flexibility index (Phi) is 5.28. The Morgan fingerprint density at radius 2 is 1.92 bits per heavy atom. The number of hydrogen-bond donors (Lipinski definition) is 1. The van der Waals surface area contributed by atoms with Crippen molar-refractivity contribution in [3.63, 3.8) is 0 Å². The molecule has 1 aliphatic rings. The number of aryl methyl sites for hydroxylation is 1. The van der Waals surface area contributed by atoms with Crippen molar-refractivity contribution in [3.8, 4) is 5.75 Å². The highest BCUT2D eigenvalue weighted by molar-refractivity contribution is 5.94. The lowest BCUT2D eigenvalue weighted by atomic mass is 9.98. The molecule has 1 saturated heterocycles. The fourth-order valence-electron chi connectivity index (χ4n) is 2.86. The molecule has 1 aliphatic heterocycles. The summed E-state index contributed by atoms with van der Waals surface area (Å²) < 4.78 is 18.8. The van der Waals surface area contributed by atoms with Gasteiger partial charge in [0.2, 0.25) is 0 Å². The second kappa shape index (κ2) is 7.46. The summed E-state index contributed by atoms with van der Waals surface area (Å²) in [6, 6.07) is 13.5. The van der Waals surface area contributed by atoms with Crippen molar-refractivity contribution in [1.29, 1.82) is 0 Å². The molecule has 5 heteroatoms. The van der Waals surface area contributed by atoms with Crippen molar-refractivity contribution in [2.45, 2.75) is 38.4 Å². The van der Waals surface area contributed by atoms with Crippen molar-refractivity contribution < 1.29 is 19.0 Å². The van der Waals surface area contributed by atoms with Gasteiger partial charge < -0.3 is 14.7 Å². The molecular formula is C21H24FNO3. The molecule has 1 N–H and O–H groups in total. The maximum Gasteiger partial charge on any atom is 0.254 e. The molecule has 26 heavy (non-hydrogen) atoms. The number of amides is 1. The average molecular weight is 357 g/mol. The fourth-order valence-corrected chi connectivity index (χ4v) is 2.86. The van der Waals surface area contributed by atoms with Gasteiger partial charge in [0.1, 0.15) is 17.7 Å². The molecule has 0 bridgehead atoms. The minimum atomic E-state index is -0.692. The predicted octanol–water partition coefficient (Wildman–Crippen LogP) is 3.43. The number of halogens is 1. The molecule has 0 spiro atoms. The molecule has 0 unspecified atom stereocenters. The van der Waals surface area contributed by atoms with E-state index in [2.05, 4.69) is 0 Å². The third-order valence-corrected chi connectivity index (χ3v) is 4.46. The molecule has 2 aromatic carbocycles. The van der Waals surface area contributed by atoms with Crippen molar-refractivity contribution in [2.24, 2.45) is 0 Å². The molecule has 138 valence electrons. The third-order valence-electron chi connectivity index (χ3n) is 4.46. The van der Waals surface area contributed by atoms with Crippen molar-refractivity contribution >= 4 is 5.91 Å². The predicted molar refractivity (Wildman–Crippen MR) is 97.8 cm³/mol. The van der Waals surface area contributed by atoms with Crippen molar-refractivity contribution in [3.05, 3.63) is 65.5 Å². The van der Waals surface area contributed by atoms with E-state index >= 15 is 0 Å². The molecule has 4 nitrogen and oxygen atoms in total. The van der Waals surface area contributed by atoms with E-state index in [4.69, 9.17) is 4.74 Å². The zero-order chi connectivity index (χ0) is 18.7. The maximum absolute atomic E-state index is 13.2. The van der Waals surface area contributed by atoms with Gasteiger partial charge >= 0.3 is 0 Å². The van der Waals surface area contributed by atoms with E-state index in [9.17, 15) is 14.3 Å². The highest BCUT2D eigenvalue weighted by atomic mass is 19.1. The number of aliphatic hydroxyl groups is 1. The Morgan fingerprint density at radius 3 is 2.54 bits per heavy atom. The van der Waals surface area contributed by atoms with Crippen LogP contribution in [0.4, 0.5) is 4.39 Å². The van der Waals surface area contributed by atoms with E-state index in [0.717, 1.165) is 12.0 Å². The topological polar surface area (TPSA) is 49.8 Å². The van der Waals surface area contributed by atoms with Crippen LogP contribution in [0.5, 0.6) is 5.75 Å². The first kappa shape index (κ1) is 18.4. The van der Waals surface area contributed by atoms with Crippen LogP contribution >= 0.6 is 0 Å². The maximum atomic E-state index is 13.2. The second-order valence-electron chi connectivity index (χ2n) is 7.42. The normalized spacial score (nSPS) is 14.8. The lowest BCUT2D eigenvalue weighted by molar-refractivity contribution is 0.0177. The summed E-state index contributed by atoms with van der Waals surface area (Å²) in [4.78, 5) is 14.2. The van der Waals surface area contributed by atoms with E-state index < -0.39 is 5.60 Å². The Balaban J connectivity index is 1.50. The molecule has 0 radical (unpaired) electrons. The van der Waals surface area contributed by atoms with Crippen LogP contribution in [0.15, 0.2) is 48.5 Å². The Morgan fingerprint density at radius 1 is 1.23 bits per heavy atom. The van der Waals surface area contributed by atoms with Gasteiger partial charge in [0, 0.05) is 11.6 Å². The summed E-state index contributed by atoms with van der Waals surface area (Å²) in [6.45, 7) is 4.57. The van der Waals surface area contributed by atoms with Crippen LogP contribution < -0.4 is 4.74 Å². The first-order valence-corrected chi connectivity index (χ1v) is 8.83. The van der Waals surface area contributed by atoms with E-state index in [1.165, 1.54) is 12.1 Å². The molecule has 0 saturated carbocycles. The van der Waals surface area contributed by atoms with Gasteiger partial charge in [0.05, 0.1) is 18.7 Å². The number of nitrogens with zero attached hydrogens (tertiary/aromatic N) is 1. The van der Waals surface area contributed by atoms with Gasteiger partial charge in [-0.2, -0.15) is 0 Å². The molecule has 1 heterocycles. The van der Waals surface area contributed by atoms with Gasteiger partial charge in [-0.3, -0.25) is 4.79 Å². The first-order valence-electron chi connectivity index (χ1n) is 8.83. The second-order valence-corrected chi connectivity index (χ2v) is 7.42. The van der Waals surface area contributed by atoms with Gasteiger partial charge in [-0.05, 0) is 56.5 Å². The van der Waals surface area contributed by atoms with Gasteiger partial charge in [0.15, 0.2) is 0 Å². The number of rotatable bonds is 6. The van der Waals surface area contributed by atoms with Gasteiger partial charge in [-0.15, -0.1) is 0 Å². The Hall–Kier alpha value is -2.40. The molecule has 2 aromatic rings. The van der Waals surface area contributed by atoms with Crippen LogP contribution in [-0.2, 0) is 6.42 Å². The highest BCUT2D eigenvalue weighted by Crippen LogP contribution is 2.21. The van der Waals surface area contributed by atoms with E-state index in [0.29, 0.717) is 30.8 Å². The number of carbonyl (C=O) groups excluding carboxylic acids is 1. The van der Waals surface area contributed by atoms with Crippen LogP contribution in [0.3, 0.4) is 0 Å². The lowest BCUT2D eigenvalue weighted by Gasteiger charge is -2.39. The van der Waals surface area contributed by atoms with Gasteiger partial charge in [-0.25, -0.2) is 4.39 Å². The number of benzene rings is 2.